The van der Waals surface area contributed by atoms with Gasteiger partial charge in [-0.15, -0.1) is 0 Å². The summed E-state index contributed by atoms with van der Waals surface area (Å²) in [6.45, 7) is 7.47. The van der Waals surface area contributed by atoms with Crippen LogP contribution >= 0.6 is 11.6 Å². The van der Waals surface area contributed by atoms with E-state index in [1.807, 2.05) is 24.8 Å². The van der Waals surface area contributed by atoms with E-state index >= 15 is 0 Å². The molecule has 2 N–H and O–H groups in total. The highest BCUT2D eigenvalue weighted by molar-refractivity contribution is 6.30. The first-order valence-electron chi connectivity index (χ1n) is 12.0. The van der Waals surface area contributed by atoms with Crippen molar-refractivity contribution in [2.75, 3.05) is 13.1 Å². The number of rotatable bonds is 1. The Bertz CT molecular complexity index is 1170. The molecule has 3 aromatic rings. The Hall–Kier alpha value is -3.18. The van der Waals surface area contributed by atoms with Crippen LogP contribution in [0.15, 0.2) is 60.6 Å². The summed E-state index contributed by atoms with van der Waals surface area (Å²) in [7, 11) is 0. The van der Waals surface area contributed by atoms with Crippen molar-refractivity contribution in [2.24, 2.45) is 0 Å². The summed E-state index contributed by atoms with van der Waals surface area (Å²) < 4.78 is 0.945. The molecule has 0 radical (unpaired) electrons. The number of H-pyrrole nitrogens is 1. The van der Waals surface area contributed by atoms with Gasteiger partial charge < -0.3 is 4.90 Å². The van der Waals surface area contributed by atoms with Crippen LogP contribution in [0.25, 0.3) is 5.57 Å². The van der Waals surface area contributed by atoms with Gasteiger partial charge in [-0.05, 0) is 61.9 Å². The minimum atomic E-state index is 0.00489. The molecule has 2 aliphatic rings. The highest BCUT2D eigenvalue weighted by atomic mass is 35.5. The maximum atomic E-state index is 12.9. The molecule has 2 aromatic heterocycles. The summed E-state index contributed by atoms with van der Waals surface area (Å²) in [6.07, 6.45) is 8.62. The van der Waals surface area contributed by atoms with Gasteiger partial charge >= 0.3 is 0 Å². The maximum absolute atomic E-state index is 12.9. The second kappa shape index (κ2) is 10.4. The Morgan fingerprint density at radius 3 is 2.38 bits per heavy atom. The minimum Gasteiger partial charge on any atom is -0.338 e. The SMILES string of the molecule is CC.Cc1c[nH+]c2c(c1)CCc1cc(Cl)ccc1C2=C1CCN(C(=O)c2cc[n+](O)cc2)CC1. The number of halogens is 1. The number of nitrogens with zero attached hydrogens (tertiary/aromatic N) is 2. The van der Waals surface area contributed by atoms with Crippen LogP contribution in [0, 0.1) is 6.92 Å². The molecule has 3 heterocycles. The van der Waals surface area contributed by atoms with Crippen LogP contribution in [-0.2, 0) is 12.8 Å². The Morgan fingerprint density at radius 2 is 1.68 bits per heavy atom. The van der Waals surface area contributed by atoms with E-state index in [0.717, 1.165) is 35.4 Å². The zero-order valence-corrected chi connectivity index (χ0v) is 20.8. The summed E-state index contributed by atoms with van der Waals surface area (Å²) in [5, 5.41) is 10.2. The van der Waals surface area contributed by atoms with Crippen molar-refractivity contribution in [3.63, 3.8) is 0 Å². The van der Waals surface area contributed by atoms with Crippen LogP contribution in [-0.4, -0.2) is 29.1 Å². The number of hydrogen-bond donors (Lipinski definition) is 1. The molecular formula is C28H32ClN3O2+2. The lowest BCUT2D eigenvalue weighted by molar-refractivity contribution is -0.904. The van der Waals surface area contributed by atoms with Crippen LogP contribution in [0.3, 0.4) is 0 Å². The van der Waals surface area contributed by atoms with E-state index in [4.69, 9.17) is 11.6 Å². The van der Waals surface area contributed by atoms with Gasteiger partial charge in [0.15, 0.2) is 6.20 Å². The van der Waals surface area contributed by atoms with Gasteiger partial charge in [0, 0.05) is 46.1 Å². The minimum absolute atomic E-state index is 0.00489. The molecule has 1 saturated heterocycles. The van der Waals surface area contributed by atoms with Gasteiger partial charge in [0.2, 0.25) is 18.1 Å². The van der Waals surface area contributed by atoms with Crippen molar-refractivity contribution in [3.05, 3.63) is 99.1 Å². The summed E-state index contributed by atoms with van der Waals surface area (Å²) in [4.78, 5) is 18.4. The lowest BCUT2D eigenvalue weighted by Crippen LogP contribution is -2.37. The quantitative estimate of drug-likeness (QED) is 0.402. The molecule has 5 rings (SSSR count). The molecule has 34 heavy (non-hydrogen) atoms. The molecule has 0 atom stereocenters. The van der Waals surface area contributed by atoms with Crippen LogP contribution in [0.2, 0.25) is 5.02 Å². The van der Waals surface area contributed by atoms with Crippen LogP contribution in [0.4, 0.5) is 0 Å². The highest BCUT2D eigenvalue weighted by Gasteiger charge is 2.29. The molecule has 1 fully saturated rings. The van der Waals surface area contributed by atoms with Gasteiger partial charge in [-0.1, -0.05) is 37.1 Å². The van der Waals surface area contributed by atoms with Crippen molar-refractivity contribution >= 4 is 23.1 Å². The fourth-order valence-corrected chi connectivity index (χ4v) is 5.05. The molecule has 176 valence electrons. The number of piperidine rings is 1. The molecule has 1 aliphatic heterocycles. The average Bonchev–Trinajstić information content (AvgIpc) is 3.01. The summed E-state index contributed by atoms with van der Waals surface area (Å²) >= 11 is 6.34. The zero-order valence-electron chi connectivity index (χ0n) is 20.1. The van der Waals surface area contributed by atoms with Crippen molar-refractivity contribution in [1.82, 2.24) is 4.90 Å². The first-order valence-corrected chi connectivity index (χ1v) is 12.4. The van der Waals surface area contributed by atoms with Crippen molar-refractivity contribution in [3.8, 4) is 0 Å². The smallest absolute Gasteiger partial charge is 0.254 e. The first kappa shape index (κ1) is 24.0. The van der Waals surface area contributed by atoms with Gasteiger partial charge in [0.1, 0.15) is 0 Å². The molecule has 5 nitrogen and oxygen atoms in total. The predicted molar refractivity (Wildman–Crippen MR) is 133 cm³/mol. The number of aromatic amines is 1. The number of amides is 1. The van der Waals surface area contributed by atoms with E-state index in [1.165, 1.54) is 51.5 Å². The third-order valence-electron chi connectivity index (χ3n) is 6.49. The van der Waals surface area contributed by atoms with Gasteiger partial charge in [-0.25, -0.2) is 4.98 Å². The van der Waals surface area contributed by atoms with Gasteiger partial charge in [-0.3, -0.25) is 10.0 Å². The Balaban J connectivity index is 0.00000133. The van der Waals surface area contributed by atoms with Gasteiger partial charge in [0.25, 0.3) is 5.91 Å². The zero-order chi connectivity index (χ0) is 24.2. The van der Waals surface area contributed by atoms with E-state index in [1.54, 1.807) is 12.1 Å². The molecule has 1 amide bonds. The number of benzene rings is 1. The fraction of sp³-hybridized carbons (Fsp3) is 0.321. The Labute approximate surface area is 206 Å². The molecule has 0 spiro atoms. The second-order valence-corrected chi connectivity index (χ2v) is 9.05. The first-order chi connectivity index (χ1) is 16.5. The molecule has 0 unspecified atom stereocenters. The number of fused-ring (bicyclic) bond motifs is 2. The van der Waals surface area contributed by atoms with Gasteiger partial charge in [-0.2, -0.15) is 0 Å². The number of carbonyl (C=O) groups is 1. The second-order valence-electron chi connectivity index (χ2n) is 8.62. The monoisotopic (exact) mass is 477 g/mol. The Morgan fingerprint density at radius 1 is 1.00 bits per heavy atom. The number of hydrogen-bond acceptors (Lipinski definition) is 2. The number of pyridine rings is 2. The van der Waals surface area contributed by atoms with Crippen LogP contribution in [0.5, 0.6) is 0 Å². The fourth-order valence-electron chi connectivity index (χ4n) is 4.85. The molecular weight excluding hydrogens is 446 g/mol. The number of likely N-dealkylation sites (tertiary alicyclic amines) is 1. The standard InChI is InChI=1S/C26H25ClN3O2.C2H6/c1-17-14-21-3-2-20-15-22(27)4-5-23(20)24(25(21)28-16-17)18-6-10-29(11-7-18)26(31)19-8-12-30(32)13-9-19;1-2/h4-5,8-9,12-16,32H,2-3,6-7,10-11H2,1H3;1-2H3/q+1;/p+1. The number of carbonyl (C=O) groups excluding carboxylic acids is 1. The Kier molecular flexibility index (Phi) is 7.32. The maximum Gasteiger partial charge on any atom is 0.254 e. The van der Waals surface area contributed by atoms with Gasteiger partial charge in [0.05, 0.1) is 11.1 Å². The molecule has 0 saturated carbocycles. The largest absolute Gasteiger partial charge is 0.338 e. The molecule has 1 aromatic carbocycles. The average molecular weight is 478 g/mol. The number of aryl methyl sites for hydroxylation is 3. The van der Waals surface area contributed by atoms with Crippen LogP contribution in [0.1, 0.15) is 65.0 Å². The highest BCUT2D eigenvalue weighted by Crippen LogP contribution is 2.37. The van der Waals surface area contributed by atoms with E-state index < -0.39 is 0 Å². The normalized spacial score (nSPS) is 15.0. The summed E-state index contributed by atoms with van der Waals surface area (Å²) in [6, 6.07) is 11.8. The number of aromatic nitrogens is 2. The van der Waals surface area contributed by atoms with E-state index in [2.05, 4.69) is 36.3 Å². The summed E-state index contributed by atoms with van der Waals surface area (Å²) in [5.41, 5.74) is 9.53. The van der Waals surface area contributed by atoms with E-state index in [9.17, 15) is 10.0 Å². The van der Waals surface area contributed by atoms with E-state index in [0.29, 0.717) is 18.7 Å². The van der Waals surface area contributed by atoms with Crippen molar-refractivity contribution in [2.45, 2.75) is 46.5 Å². The number of nitrogens with one attached hydrogen (secondary N) is 1. The third kappa shape index (κ3) is 4.85. The van der Waals surface area contributed by atoms with Crippen molar-refractivity contribution < 1.29 is 19.7 Å². The molecule has 0 bridgehead atoms. The van der Waals surface area contributed by atoms with Crippen LogP contribution < -0.4 is 9.71 Å². The summed E-state index contributed by atoms with van der Waals surface area (Å²) in [5.74, 6) is 0.00489. The van der Waals surface area contributed by atoms with Crippen molar-refractivity contribution in [1.29, 1.82) is 0 Å². The molecule has 1 aliphatic carbocycles. The lowest BCUT2D eigenvalue weighted by Gasteiger charge is -2.29. The molecule has 6 heteroatoms. The lowest BCUT2D eigenvalue weighted by atomic mass is 9.88. The predicted octanol–water partition coefficient (Wildman–Crippen LogP) is 4.85. The van der Waals surface area contributed by atoms with E-state index in [-0.39, 0.29) is 5.91 Å². The topological polar surface area (TPSA) is 58.6 Å². The third-order valence-corrected chi connectivity index (χ3v) is 6.72.